The third-order valence-corrected chi connectivity index (χ3v) is 4.34. The molecule has 138 valence electrons. The Morgan fingerprint density at radius 1 is 1.33 bits per heavy atom. The van der Waals surface area contributed by atoms with Gasteiger partial charge in [0.15, 0.2) is 11.2 Å². The van der Waals surface area contributed by atoms with Crippen LogP contribution in [0.5, 0.6) is 5.75 Å². The van der Waals surface area contributed by atoms with E-state index >= 15 is 0 Å². The summed E-state index contributed by atoms with van der Waals surface area (Å²) in [6.45, 7) is 1.82. The molecule has 0 unspecified atom stereocenters. The van der Waals surface area contributed by atoms with Crippen molar-refractivity contribution in [2.45, 2.75) is 13.5 Å². The lowest BCUT2D eigenvalue weighted by Crippen LogP contribution is -2.20. The monoisotopic (exact) mass is 367 g/mol. The number of oxazole rings is 1. The minimum Gasteiger partial charge on any atom is -0.497 e. The van der Waals surface area contributed by atoms with Crippen molar-refractivity contribution in [3.63, 3.8) is 0 Å². The first-order valence-corrected chi connectivity index (χ1v) is 8.22. The number of ether oxygens (including phenoxy) is 1. The molecule has 0 aliphatic heterocycles. The highest BCUT2D eigenvalue weighted by Crippen LogP contribution is 2.23. The fraction of sp³-hybridized carbons (Fsp3) is 0.222. The van der Waals surface area contributed by atoms with Crippen LogP contribution in [0.1, 0.15) is 5.56 Å². The molecule has 1 N–H and O–H groups in total. The van der Waals surface area contributed by atoms with Crippen molar-refractivity contribution < 1.29 is 13.9 Å². The molecule has 27 heavy (non-hydrogen) atoms. The maximum absolute atomic E-state index is 12.4. The minimum absolute atomic E-state index is 0.0115. The highest BCUT2D eigenvalue weighted by molar-refractivity contribution is 5.91. The number of hydrogen-bond donors (Lipinski definition) is 1. The molecule has 0 fully saturated rings. The Morgan fingerprint density at radius 3 is 2.93 bits per heavy atom. The zero-order chi connectivity index (χ0) is 19.1. The minimum atomic E-state index is -0.318. The van der Waals surface area contributed by atoms with E-state index in [-0.39, 0.29) is 24.0 Å². The van der Waals surface area contributed by atoms with Gasteiger partial charge in [-0.05, 0) is 24.6 Å². The molecule has 9 nitrogen and oxygen atoms in total. The third kappa shape index (κ3) is 2.92. The fourth-order valence-electron chi connectivity index (χ4n) is 2.99. The average Bonchev–Trinajstić information content (AvgIpc) is 3.22. The molecule has 0 radical (unpaired) electrons. The van der Waals surface area contributed by atoms with Gasteiger partial charge in [0.25, 0.3) is 5.56 Å². The summed E-state index contributed by atoms with van der Waals surface area (Å²) in [5.41, 5.74) is 3.01. The second-order valence-electron chi connectivity index (χ2n) is 6.17. The van der Waals surface area contributed by atoms with E-state index in [0.29, 0.717) is 22.5 Å². The van der Waals surface area contributed by atoms with Gasteiger partial charge < -0.3 is 13.7 Å². The molecule has 0 spiro atoms. The lowest BCUT2D eigenvalue weighted by molar-refractivity contribution is -0.116. The van der Waals surface area contributed by atoms with Crippen LogP contribution >= 0.6 is 0 Å². The number of anilines is 1. The predicted octanol–water partition coefficient (Wildman–Crippen LogP) is 1.83. The highest BCUT2D eigenvalue weighted by Gasteiger charge is 2.15. The molecular weight excluding hydrogens is 350 g/mol. The van der Waals surface area contributed by atoms with E-state index in [9.17, 15) is 9.59 Å². The number of fused-ring (bicyclic) bond motifs is 2. The van der Waals surface area contributed by atoms with E-state index in [0.717, 1.165) is 11.1 Å². The molecule has 4 rings (SSSR count). The Bertz CT molecular complexity index is 1230. The molecule has 0 aliphatic rings. The number of carbonyl (C=O) groups excluding carboxylic acids is 1. The van der Waals surface area contributed by atoms with E-state index in [1.54, 1.807) is 36.9 Å². The molecule has 3 heterocycles. The summed E-state index contributed by atoms with van der Waals surface area (Å²) >= 11 is 0. The van der Waals surface area contributed by atoms with Crippen LogP contribution in [0.3, 0.4) is 0 Å². The standard InChI is InChI=1S/C18H17N5O4/c1-10-6-15(25)22(2)17-16(10)23(9-19-17)8-14(24)21-18-20-12-5-4-11(26-3)7-13(12)27-18/h4-7,9H,8H2,1-3H3,(H,20,21,24). The number of methoxy groups -OCH3 is 1. The molecular formula is C18H17N5O4. The maximum Gasteiger partial charge on any atom is 0.302 e. The first kappa shape index (κ1) is 16.8. The zero-order valence-electron chi connectivity index (χ0n) is 15.0. The number of benzene rings is 1. The van der Waals surface area contributed by atoms with Crippen molar-refractivity contribution in [1.82, 2.24) is 19.1 Å². The second kappa shape index (κ2) is 6.27. The van der Waals surface area contributed by atoms with Crippen molar-refractivity contribution in [2.75, 3.05) is 12.4 Å². The summed E-state index contributed by atoms with van der Waals surface area (Å²) in [7, 11) is 3.21. The number of amides is 1. The normalized spacial score (nSPS) is 11.2. The average molecular weight is 367 g/mol. The van der Waals surface area contributed by atoms with E-state index in [1.165, 1.54) is 17.0 Å². The first-order chi connectivity index (χ1) is 13.0. The molecule has 3 aromatic heterocycles. The van der Waals surface area contributed by atoms with E-state index in [4.69, 9.17) is 9.15 Å². The molecule has 4 aromatic rings. The first-order valence-electron chi connectivity index (χ1n) is 8.22. The van der Waals surface area contributed by atoms with Gasteiger partial charge in [-0.25, -0.2) is 4.98 Å². The number of pyridine rings is 1. The topological polar surface area (TPSA) is 104 Å². The summed E-state index contributed by atoms with van der Waals surface area (Å²) < 4.78 is 13.8. The molecule has 1 amide bonds. The van der Waals surface area contributed by atoms with Gasteiger partial charge in [-0.3, -0.25) is 19.5 Å². The van der Waals surface area contributed by atoms with Gasteiger partial charge in [0.1, 0.15) is 17.8 Å². The zero-order valence-corrected chi connectivity index (χ0v) is 15.0. The second-order valence-corrected chi connectivity index (χ2v) is 6.17. The van der Waals surface area contributed by atoms with Crippen LogP contribution in [0.25, 0.3) is 22.3 Å². The molecule has 0 saturated carbocycles. The fourth-order valence-corrected chi connectivity index (χ4v) is 2.99. The number of aromatic nitrogens is 4. The Morgan fingerprint density at radius 2 is 2.15 bits per heavy atom. The SMILES string of the molecule is COc1ccc2nc(NC(=O)Cn3cnc4c3c(C)cc(=O)n4C)oc2c1. The Labute approximate surface area is 153 Å². The maximum atomic E-state index is 12.4. The van der Waals surface area contributed by atoms with E-state index < -0.39 is 0 Å². The van der Waals surface area contributed by atoms with Gasteiger partial charge >= 0.3 is 6.01 Å². The largest absolute Gasteiger partial charge is 0.497 e. The number of imidazole rings is 1. The number of rotatable bonds is 4. The lowest BCUT2D eigenvalue weighted by Gasteiger charge is -2.07. The van der Waals surface area contributed by atoms with Crippen LogP contribution in [0.15, 0.2) is 39.8 Å². The van der Waals surface area contributed by atoms with Crippen LogP contribution < -0.4 is 15.6 Å². The molecule has 9 heteroatoms. The summed E-state index contributed by atoms with van der Waals surface area (Å²) in [6.07, 6.45) is 1.54. The van der Waals surface area contributed by atoms with Gasteiger partial charge in [0.2, 0.25) is 5.91 Å². The molecule has 0 aliphatic carbocycles. The van der Waals surface area contributed by atoms with Gasteiger partial charge in [-0.2, -0.15) is 4.98 Å². The molecule has 0 saturated heterocycles. The molecule has 0 atom stereocenters. The van der Waals surface area contributed by atoms with Gasteiger partial charge in [-0.1, -0.05) is 0 Å². The Kier molecular flexibility index (Phi) is 3.91. The van der Waals surface area contributed by atoms with Crippen LogP contribution in [-0.2, 0) is 18.4 Å². The predicted molar refractivity (Wildman–Crippen MR) is 98.9 cm³/mol. The quantitative estimate of drug-likeness (QED) is 0.590. The summed E-state index contributed by atoms with van der Waals surface area (Å²) in [5, 5.41) is 2.64. The summed E-state index contributed by atoms with van der Waals surface area (Å²) in [5.74, 6) is 0.323. The highest BCUT2D eigenvalue weighted by atomic mass is 16.5. The lowest BCUT2D eigenvalue weighted by atomic mass is 10.2. The number of aryl methyl sites for hydroxylation is 2. The van der Waals surface area contributed by atoms with Gasteiger partial charge in [-0.15, -0.1) is 0 Å². The van der Waals surface area contributed by atoms with Crippen LogP contribution in [-0.4, -0.2) is 32.1 Å². The van der Waals surface area contributed by atoms with Crippen molar-refractivity contribution >= 4 is 34.2 Å². The van der Waals surface area contributed by atoms with Crippen LogP contribution in [0, 0.1) is 6.92 Å². The van der Waals surface area contributed by atoms with Crippen molar-refractivity contribution in [3.05, 3.63) is 46.5 Å². The molecule has 0 bridgehead atoms. The van der Waals surface area contributed by atoms with Crippen LogP contribution in [0.4, 0.5) is 6.01 Å². The number of nitrogens with zero attached hydrogens (tertiary/aromatic N) is 4. The van der Waals surface area contributed by atoms with Gasteiger partial charge in [0, 0.05) is 19.2 Å². The summed E-state index contributed by atoms with van der Waals surface area (Å²) in [4.78, 5) is 32.8. The number of hydrogen-bond acceptors (Lipinski definition) is 6. The van der Waals surface area contributed by atoms with Crippen molar-refractivity contribution in [1.29, 1.82) is 0 Å². The molecule has 1 aromatic carbocycles. The summed E-state index contributed by atoms with van der Waals surface area (Å²) in [6, 6.07) is 6.84. The van der Waals surface area contributed by atoms with Gasteiger partial charge in [0.05, 0.1) is 19.0 Å². The number of nitrogens with one attached hydrogen (secondary N) is 1. The Balaban J connectivity index is 1.59. The van der Waals surface area contributed by atoms with E-state index in [1.807, 2.05) is 6.92 Å². The smallest absolute Gasteiger partial charge is 0.302 e. The van der Waals surface area contributed by atoms with Crippen LogP contribution in [0.2, 0.25) is 0 Å². The Hall–Kier alpha value is -3.62. The van der Waals surface area contributed by atoms with Crippen molar-refractivity contribution in [2.24, 2.45) is 7.05 Å². The number of carbonyl (C=O) groups is 1. The van der Waals surface area contributed by atoms with Crippen molar-refractivity contribution in [3.8, 4) is 5.75 Å². The van der Waals surface area contributed by atoms with E-state index in [2.05, 4.69) is 15.3 Å². The third-order valence-electron chi connectivity index (χ3n) is 4.34.